The fourth-order valence-electron chi connectivity index (χ4n) is 1.82. The van der Waals surface area contributed by atoms with Gasteiger partial charge in [0.15, 0.2) is 0 Å². The molecule has 4 nitrogen and oxygen atoms in total. The summed E-state index contributed by atoms with van der Waals surface area (Å²) in [6, 6.07) is 0. The Morgan fingerprint density at radius 2 is 2.19 bits per heavy atom. The van der Waals surface area contributed by atoms with Crippen LogP contribution in [-0.4, -0.2) is 23.5 Å². The van der Waals surface area contributed by atoms with Gasteiger partial charge in [-0.1, -0.05) is 11.6 Å². The van der Waals surface area contributed by atoms with Gasteiger partial charge in [-0.05, 0) is 32.1 Å². The number of rotatable bonds is 7. The van der Waals surface area contributed by atoms with Crippen LogP contribution in [0.25, 0.3) is 0 Å². The minimum atomic E-state index is -0.844. The Kier molecular flexibility index (Phi) is 5.61. The molecule has 0 atom stereocenters. The Labute approximate surface area is 95.7 Å². The van der Waals surface area contributed by atoms with Crippen LogP contribution in [0.15, 0.2) is 11.6 Å². The molecule has 0 fully saturated rings. The van der Waals surface area contributed by atoms with Gasteiger partial charge in [0, 0.05) is 19.4 Å². The highest BCUT2D eigenvalue weighted by Crippen LogP contribution is 2.19. The number of carbonyl (C=O) groups is 2. The normalized spacial score (nSPS) is 14.6. The van der Waals surface area contributed by atoms with Crippen LogP contribution in [0.2, 0.25) is 0 Å². The molecule has 0 aromatic carbocycles. The molecule has 0 saturated carbocycles. The summed E-state index contributed by atoms with van der Waals surface area (Å²) < 4.78 is 0. The number of aliphatic carboxylic acids is 1. The molecule has 0 bridgehead atoms. The van der Waals surface area contributed by atoms with Crippen LogP contribution < -0.4 is 5.32 Å². The first kappa shape index (κ1) is 12.7. The summed E-state index contributed by atoms with van der Waals surface area (Å²) in [5.41, 5.74) is 1.44. The van der Waals surface area contributed by atoms with E-state index in [-0.39, 0.29) is 12.3 Å². The first-order chi connectivity index (χ1) is 7.68. The van der Waals surface area contributed by atoms with Gasteiger partial charge in [-0.25, -0.2) is 0 Å². The Balaban J connectivity index is 1.99. The van der Waals surface area contributed by atoms with Crippen molar-refractivity contribution in [1.29, 1.82) is 0 Å². The number of amides is 1. The lowest BCUT2D eigenvalue weighted by Gasteiger charge is -2.05. The Morgan fingerprint density at radius 3 is 2.81 bits per heavy atom. The van der Waals surface area contributed by atoms with Crippen LogP contribution in [-0.2, 0) is 9.59 Å². The number of nitrogens with one attached hydrogen (secondary N) is 1. The average molecular weight is 225 g/mol. The van der Waals surface area contributed by atoms with Crippen molar-refractivity contribution >= 4 is 11.9 Å². The monoisotopic (exact) mass is 225 g/mol. The zero-order valence-corrected chi connectivity index (χ0v) is 9.50. The molecule has 1 amide bonds. The van der Waals surface area contributed by atoms with E-state index in [1.54, 1.807) is 0 Å². The molecule has 1 rings (SSSR count). The third-order valence-corrected chi connectivity index (χ3v) is 2.70. The predicted octanol–water partition coefficient (Wildman–Crippen LogP) is 1.86. The van der Waals surface area contributed by atoms with Crippen LogP contribution in [0, 0.1) is 0 Å². The van der Waals surface area contributed by atoms with E-state index in [0.717, 1.165) is 12.8 Å². The number of hydrogen-bond acceptors (Lipinski definition) is 2. The second kappa shape index (κ2) is 7.04. The van der Waals surface area contributed by atoms with E-state index in [1.807, 2.05) is 0 Å². The number of carboxylic acid groups (broad SMARTS) is 1. The highest BCUT2D eigenvalue weighted by molar-refractivity contribution is 5.76. The lowest BCUT2D eigenvalue weighted by Crippen LogP contribution is -2.24. The molecule has 1 aliphatic carbocycles. The molecular formula is C12H19NO3. The van der Waals surface area contributed by atoms with Gasteiger partial charge in [0.2, 0.25) is 5.91 Å². The number of carboxylic acids is 1. The molecule has 0 saturated heterocycles. The largest absolute Gasteiger partial charge is 0.481 e. The fourth-order valence-corrected chi connectivity index (χ4v) is 1.82. The van der Waals surface area contributed by atoms with Crippen LogP contribution in [0.5, 0.6) is 0 Å². The van der Waals surface area contributed by atoms with Gasteiger partial charge < -0.3 is 10.4 Å². The second-order valence-electron chi connectivity index (χ2n) is 4.10. The standard InChI is InChI=1S/C12H19NO3/c14-11(6-3-7-12(15)16)13-9-8-10-4-1-2-5-10/h4H,1-3,5-9H2,(H,13,14)(H,15,16). The summed E-state index contributed by atoms with van der Waals surface area (Å²) in [6.45, 7) is 0.678. The number of hydrogen-bond donors (Lipinski definition) is 2. The van der Waals surface area contributed by atoms with E-state index in [9.17, 15) is 9.59 Å². The third-order valence-electron chi connectivity index (χ3n) is 2.70. The van der Waals surface area contributed by atoms with Crippen molar-refractivity contribution in [2.45, 2.75) is 44.9 Å². The van der Waals surface area contributed by atoms with Crippen LogP contribution in [0.3, 0.4) is 0 Å². The van der Waals surface area contributed by atoms with Crippen LogP contribution >= 0.6 is 0 Å². The van der Waals surface area contributed by atoms with Gasteiger partial charge in [-0.15, -0.1) is 0 Å². The molecule has 90 valence electrons. The van der Waals surface area contributed by atoms with E-state index in [0.29, 0.717) is 19.4 Å². The molecule has 1 aliphatic rings. The molecule has 0 aliphatic heterocycles. The zero-order valence-electron chi connectivity index (χ0n) is 9.50. The third kappa shape index (κ3) is 5.53. The smallest absolute Gasteiger partial charge is 0.303 e. The van der Waals surface area contributed by atoms with E-state index < -0.39 is 5.97 Å². The van der Waals surface area contributed by atoms with E-state index in [4.69, 9.17) is 5.11 Å². The minimum absolute atomic E-state index is 0.0418. The Morgan fingerprint density at radius 1 is 1.38 bits per heavy atom. The maximum atomic E-state index is 11.3. The van der Waals surface area contributed by atoms with Crippen molar-refractivity contribution in [3.63, 3.8) is 0 Å². The summed E-state index contributed by atoms with van der Waals surface area (Å²) in [6.07, 6.45) is 7.55. The fraction of sp³-hybridized carbons (Fsp3) is 0.667. The molecule has 0 unspecified atom stereocenters. The predicted molar refractivity (Wildman–Crippen MR) is 61.0 cm³/mol. The molecule has 2 N–H and O–H groups in total. The summed E-state index contributed by atoms with van der Waals surface area (Å²) in [5.74, 6) is -0.885. The second-order valence-corrected chi connectivity index (χ2v) is 4.10. The molecule has 16 heavy (non-hydrogen) atoms. The van der Waals surface area contributed by atoms with E-state index in [2.05, 4.69) is 11.4 Å². The molecular weight excluding hydrogens is 206 g/mol. The first-order valence-corrected chi connectivity index (χ1v) is 5.85. The maximum Gasteiger partial charge on any atom is 0.303 e. The molecule has 0 spiro atoms. The quantitative estimate of drug-likeness (QED) is 0.650. The van der Waals surface area contributed by atoms with Gasteiger partial charge in [-0.2, -0.15) is 0 Å². The maximum absolute atomic E-state index is 11.3. The molecule has 0 aromatic heterocycles. The van der Waals surface area contributed by atoms with Gasteiger partial charge in [0.05, 0.1) is 0 Å². The highest BCUT2D eigenvalue weighted by atomic mass is 16.4. The molecule has 0 heterocycles. The first-order valence-electron chi connectivity index (χ1n) is 5.85. The van der Waals surface area contributed by atoms with E-state index in [1.165, 1.54) is 18.4 Å². The molecule has 0 aromatic rings. The SMILES string of the molecule is O=C(O)CCCC(=O)NCCC1=CCCC1. The van der Waals surface area contributed by atoms with Crippen molar-refractivity contribution in [1.82, 2.24) is 5.32 Å². The summed E-state index contributed by atoms with van der Waals surface area (Å²) in [7, 11) is 0. The highest BCUT2D eigenvalue weighted by Gasteiger charge is 2.06. The van der Waals surface area contributed by atoms with Crippen LogP contribution in [0.1, 0.15) is 44.9 Å². The number of carbonyl (C=O) groups excluding carboxylic acids is 1. The topological polar surface area (TPSA) is 66.4 Å². The summed E-state index contributed by atoms with van der Waals surface area (Å²) in [5, 5.41) is 11.2. The minimum Gasteiger partial charge on any atom is -0.481 e. The van der Waals surface area contributed by atoms with Gasteiger partial charge in [-0.3, -0.25) is 9.59 Å². The Hall–Kier alpha value is -1.32. The van der Waals surface area contributed by atoms with Gasteiger partial charge in [0.25, 0.3) is 0 Å². The molecule has 4 heteroatoms. The van der Waals surface area contributed by atoms with Crippen molar-refractivity contribution in [3.8, 4) is 0 Å². The zero-order chi connectivity index (χ0) is 11.8. The van der Waals surface area contributed by atoms with Crippen molar-refractivity contribution in [2.75, 3.05) is 6.54 Å². The lowest BCUT2D eigenvalue weighted by molar-refractivity contribution is -0.137. The van der Waals surface area contributed by atoms with Crippen molar-refractivity contribution in [3.05, 3.63) is 11.6 Å². The lowest BCUT2D eigenvalue weighted by atomic mass is 10.1. The van der Waals surface area contributed by atoms with Crippen molar-refractivity contribution < 1.29 is 14.7 Å². The van der Waals surface area contributed by atoms with Crippen molar-refractivity contribution in [2.24, 2.45) is 0 Å². The summed E-state index contributed by atoms with van der Waals surface area (Å²) in [4.78, 5) is 21.5. The van der Waals surface area contributed by atoms with Gasteiger partial charge >= 0.3 is 5.97 Å². The summed E-state index contributed by atoms with van der Waals surface area (Å²) >= 11 is 0. The Bertz CT molecular complexity index is 284. The van der Waals surface area contributed by atoms with Gasteiger partial charge in [0.1, 0.15) is 0 Å². The van der Waals surface area contributed by atoms with E-state index >= 15 is 0 Å². The number of allylic oxidation sites excluding steroid dienone is 1. The molecule has 0 radical (unpaired) electrons. The average Bonchev–Trinajstić information content (AvgIpc) is 2.70. The van der Waals surface area contributed by atoms with Crippen LogP contribution in [0.4, 0.5) is 0 Å².